The van der Waals surface area contributed by atoms with Gasteiger partial charge in [-0.1, -0.05) is 12.1 Å². The first kappa shape index (κ1) is 16.0. The van der Waals surface area contributed by atoms with Crippen molar-refractivity contribution in [3.8, 4) is 6.07 Å². The standard InChI is InChI=1S/C15H22N2OS/c1-12(8-9-19-3)17(2)11-15(18)14-6-4-13(10-16)5-7-14/h4-7,12,15,18H,8-9,11H2,1-3H3. The van der Waals surface area contributed by atoms with E-state index in [1.54, 1.807) is 12.1 Å². The predicted molar refractivity (Wildman–Crippen MR) is 81.2 cm³/mol. The maximum atomic E-state index is 10.2. The van der Waals surface area contributed by atoms with Gasteiger partial charge in [0.1, 0.15) is 0 Å². The summed E-state index contributed by atoms with van der Waals surface area (Å²) in [7, 11) is 2.04. The van der Waals surface area contributed by atoms with Crippen LogP contribution in [0.25, 0.3) is 0 Å². The zero-order valence-corrected chi connectivity index (χ0v) is 12.7. The van der Waals surface area contributed by atoms with Gasteiger partial charge in [0.2, 0.25) is 0 Å². The van der Waals surface area contributed by atoms with Crippen LogP contribution in [0.15, 0.2) is 24.3 Å². The summed E-state index contributed by atoms with van der Waals surface area (Å²) in [4.78, 5) is 2.18. The normalized spacial score (nSPS) is 14.1. The van der Waals surface area contributed by atoms with Crippen LogP contribution < -0.4 is 0 Å². The van der Waals surface area contributed by atoms with Crippen LogP contribution in [-0.4, -0.2) is 41.6 Å². The summed E-state index contributed by atoms with van der Waals surface area (Å²) in [6.45, 7) is 2.79. The molecule has 0 spiro atoms. The molecule has 104 valence electrons. The third kappa shape index (κ3) is 5.23. The Morgan fingerprint density at radius 3 is 2.53 bits per heavy atom. The monoisotopic (exact) mass is 278 g/mol. The molecular formula is C15H22N2OS. The molecule has 0 aliphatic carbocycles. The maximum Gasteiger partial charge on any atom is 0.0991 e. The van der Waals surface area contributed by atoms with Crippen molar-refractivity contribution in [1.29, 1.82) is 5.26 Å². The van der Waals surface area contributed by atoms with Crippen LogP contribution in [0.5, 0.6) is 0 Å². The molecular weight excluding hydrogens is 256 g/mol. The molecule has 1 N–H and O–H groups in total. The van der Waals surface area contributed by atoms with E-state index >= 15 is 0 Å². The largest absolute Gasteiger partial charge is 0.387 e. The SMILES string of the molecule is CSCCC(C)N(C)CC(O)c1ccc(C#N)cc1. The van der Waals surface area contributed by atoms with Crippen molar-refractivity contribution < 1.29 is 5.11 Å². The molecule has 1 aromatic carbocycles. The third-order valence-electron chi connectivity index (χ3n) is 3.38. The van der Waals surface area contributed by atoms with E-state index in [1.165, 1.54) is 0 Å². The topological polar surface area (TPSA) is 47.3 Å². The lowest BCUT2D eigenvalue weighted by molar-refractivity contribution is 0.107. The predicted octanol–water partition coefficient (Wildman–Crippen LogP) is 2.67. The first-order valence-electron chi connectivity index (χ1n) is 6.45. The van der Waals surface area contributed by atoms with Crippen molar-refractivity contribution >= 4 is 11.8 Å². The molecule has 3 nitrogen and oxygen atoms in total. The lowest BCUT2D eigenvalue weighted by Gasteiger charge is -2.27. The van der Waals surface area contributed by atoms with Gasteiger partial charge < -0.3 is 10.0 Å². The molecule has 0 saturated carbocycles. The summed E-state index contributed by atoms with van der Waals surface area (Å²) in [6.07, 6.45) is 2.73. The molecule has 0 aliphatic rings. The summed E-state index contributed by atoms with van der Waals surface area (Å²) in [6, 6.07) is 9.68. The summed E-state index contributed by atoms with van der Waals surface area (Å²) in [5.74, 6) is 1.14. The van der Waals surface area contributed by atoms with Crippen molar-refractivity contribution in [3.63, 3.8) is 0 Å². The van der Waals surface area contributed by atoms with E-state index in [0.717, 1.165) is 17.7 Å². The molecule has 0 fully saturated rings. The second-order valence-electron chi connectivity index (χ2n) is 4.82. The van der Waals surface area contributed by atoms with Gasteiger partial charge in [-0.3, -0.25) is 0 Å². The molecule has 0 aliphatic heterocycles. The molecule has 0 bridgehead atoms. The number of nitriles is 1. The van der Waals surface area contributed by atoms with Gasteiger partial charge in [0.25, 0.3) is 0 Å². The minimum Gasteiger partial charge on any atom is -0.387 e. The second kappa shape index (κ2) is 8.21. The first-order valence-corrected chi connectivity index (χ1v) is 7.85. The fourth-order valence-electron chi connectivity index (χ4n) is 1.85. The van der Waals surface area contributed by atoms with Crippen molar-refractivity contribution in [2.75, 3.05) is 25.6 Å². The maximum absolute atomic E-state index is 10.2. The number of nitrogens with zero attached hydrogens (tertiary/aromatic N) is 2. The molecule has 4 heteroatoms. The summed E-state index contributed by atoms with van der Waals surface area (Å²) in [5, 5.41) is 18.9. The van der Waals surface area contributed by atoms with E-state index in [2.05, 4.69) is 24.1 Å². The molecule has 19 heavy (non-hydrogen) atoms. The first-order chi connectivity index (χ1) is 9.08. The number of benzene rings is 1. The van der Waals surface area contributed by atoms with Crippen molar-refractivity contribution in [1.82, 2.24) is 4.90 Å². The Kier molecular flexibility index (Phi) is 6.93. The van der Waals surface area contributed by atoms with Gasteiger partial charge in [-0.15, -0.1) is 0 Å². The molecule has 0 saturated heterocycles. The minimum atomic E-state index is -0.505. The summed E-state index contributed by atoms with van der Waals surface area (Å²) < 4.78 is 0. The van der Waals surface area contributed by atoms with E-state index < -0.39 is 6.10 Å². The van der Waals surface area contributed by atoms with Crippen LogP contribution in [0.1, 0.15) is 30.6 Å². The lowest BCUT2D eigenvalue weighted by Crippen LogP contribution is -2.33. The zero-order valence-electron chi connectivity index (χ0n) is 11.8. The van der Waals surface area contributed by atoms with E-state index in [0.29, 0.717) is 18.2 Å². The minimum absolute atomic E-state index is 0.459. The fraction of sp³-hybridized carbons (Fsp3) is 0.533. The van der Waals surface area contributed by atoms with Gasteiger partial charge in [-0.2, -0.15) is 17.0 Å². The number of aliphatic hydroxyl groups excluding tert-OH is 1. The average Bonchev–Trinajstić information content (AvgIpc) is 2.44. The van der Waals surface area contributed by atoms with Gasteiger partial charge >= 0.3 is 0 Å². The van der Waals surface area contributed by atoms with Gasteiger partial charge in [0, 0.05) is 12.6 Å². The Morgan fingerprint density at radius 2 is 2.00 bits per heavy atom. The van der Waals surface area contributed by atoms with Crippen LogP contribution in [0.3, 0.4) is 0 Å². The van der Waals surface area contributed by atoms with Crippen LogP contribution >= 0.6 is 11.8 Å². The smallest absolute Gasteiger partial charge is 0.0991 e. The molecule has 2 unspecified atom stereocenters. The Bertz CT molecular complexity index is 413. The molecule has 0 radical (unpaired) electrons. The Balaban J connectivity index is 2.53. The number of aliphatic hydroxyl groups is 1. The number of hydrogen-bond donors (Lipinski definition) is 1. The highest BCUT2D eigenvalue weighted by Gasteiger charge is 2.15. The van der Waals surface area contributed by atoms with Gasteiger partial charge in [0.15, 0.2) is 0 Å². The second-order valence-corrected chi connectivity index (χ2v) is 5.81. The van der Waals surface area contributed by atoms with E-state index in [4.69, 9.17) is 5.26 Å². The molecule has 0 heterocycles. The van der Waals surface area contributed by atoms with Crippen LogP contribution in [-0.2, 0) is 0 Å². The van der Waals surface area contributed by atoms with Crippen LogP contribution in [0, 0.1) is 11.3 Å². The van der Waals surface area contributed by atoms with Crippen molar-refractivity contribution in [2.45, 2.75) is 25.5 Å². The number of thioether (sulfide) groups is 1. The number of hydrogen-bond acceptors (Lipinski definition) is 4. The summed E-state index contributed by atoms with van der Waals surface area (Å²) in [5.41, 5.74) is 1.49. The van der Waals surface area contributed by atoms with Crippen LogP contribution in [0.2, 0.25) is 0 Å². The van der Waals surface area contributed by atoms with Gasteiger partial charge in [-0.05, 0) is 50.1 Å². The number of likely N-dealkylation sites (N-methyl/N-ethyl adjacent to an activating group) is 1. The van der Waals surface area contributed by atoms with E-state index in [-0.39, 0.29) is 0 Å². The molecule has 0 aromatic heterocycles. The average molecular weight is 278 g/mol. The zero-order chi connectivity index (χ0) is 14.3. The molecule has 0 amide bonds. The Morgan fingerprint density at radius 1 is 1.37 bits per heavy atom. The number of rotatable bonds is 7. The lowest BCUT2D eigenvalue weighted by atomic mass is 10.1. The molecule has 1 aromatic rings. The molecule has 1 rings (SSSR count). The third-order valence-corrected chi connectivity index (χ3v) is 4.02. The highest BCUT2D eigenvalue weighted by atomic mass is 32.2. The van der Waals surface area contributed by atoms with E-state index in [9.17, 15) is 5.11 Å². The van der Waals surface area contributed by atoms with Crippen LogP contribution in [0.4, 0.5) is 0 Å². The van der Waals surface area contributed by atoms with Gasteiger partial charge in [0.05, 0.1) is 17.7 Å². The van der Waals surface area contributed by atoms with Gasteiger partial charge in [-0.25, -0.2) is 0 Å². The Labute approximate surface area is 120 Å². The Hall–Kier alpha value is -1.02. The fourth-order valence-corrected chi connectivity index (χ4v) is 2.42. The highest BCUT2D eigenvalue weighted by Crippen LogP contribution is 2.16. The summed E-state index contributed by atoms with van der Waals surface area (Å²) >= 11 is 1.85. The van der Waals surface area contributed by atoms with Crippen molar-refractivity contribution in [3.05, 3.63) is 35.4 Å². The van der Waals surface area contributed by atoms with Crippen molar-refractivity contribution in [2.24, 2.45) is 0 Å². The molecule has 2 atom stereocenters. The quantitative estimate of drug-likeness (QED) is 0.833. The highest BCUT2D eigenvalue weighted by molar-refractivity contribution is 7.98. The van der Waals surface area contributed by atoms with E-state index in [1.807, 2.05) is 30.9 Å².